The van der Waals surface area contributed by atoms with Crippen LogP contribution in [0.25, 0.3) is 0 Å². The van der Waals surface area contributed by atoms with Gasteiger partial charge in [0.25, 0.3) is 0 Å². The predicted molar refractivity (Wildman–Crippen MR) is 104 cm³/mol. The van der Waals surface area contributed by atoms with E-state index in [-0.39, 0.29) is 18.2 Å². The molecule has 0 aliphatic carbocycles. The maximum absolute atomic E-state index is 12.2. The number of hydrogen-bond acceptors (Lipinski definition) is 2. The third kappa shape index (κ3) is 5.48. The summed E-state index contributed by atoms with van der Waals surface area (Å²) in [7, 11) is 0. The Kier molecular flexibility index (Phi) is 6.45. The van der Waals surface area contributed by atoms with E-state index in [9.17, 15) is 9.59 Å². The highest BCUT2D eigenvalue weighted by atomic mass is 35.5. The number of anilines is 2. The van der Waals surface area contributed by atoms with Crippen molar-refractivity contribution >= 4 is 46.4 Å². The second-order valence-electron chi connectivity index (χ2n) is 5.94. The third-order valence-electron chi connectivity index (χ3n) is 3.66. The molecule has 2 aromatic carbocycles. The Bertz CT molecular complexity index is 786. The Morgan fingerprint density at radius 2 is 1.64 bits per heavy atom. The standard InChI is InChI=1S/C19H20Cl2N2O2/c1-12-8-13(2)10-16(9-12)23(14(3)24)7-6-19(25)22-15-4-5-17(20)18(21)11-15/h4-5,8-11H,6-7H2,1-3H3,(H,22,25). The average molecular weight is 379 g/mol. The first-order valence-electron chi connectivity index (χ1n) is 7.87. The molecule has 0 heterocycles. The van der Waals surface area contributed by atoms with E-state index >= 15 is 0 Å². The van der Waals surface area contributed by atoms with Crippen LogP contribution in [0.15, 0.2) is 36.4 Å². The summed E-state index contributed by atoms with van der Waals surface area (Å²) in [4.78, 5) is 25.8. The van der Waals surface area contributed by atoms with Crippen molar-refractivity contribution in [3.8, 4) is 0 Å². The Hall–Kier alpha value is -2.04. The minimum absolute atomic E-state index is 0.104. The van der Waals surface area contributed by atoms with Gasteiger partial charge in [-0.05, 0) is 55.3 Å². The van der Waals surface area contributed by atoms with Crippen molar-refractivity contribution in [2.24, 2.45) is 0 Å². The van der Waals surface area contributed by atoms with Crippen molar-refractivity contribution in [3.63, 3.8) is 0 Å². The second-order valence-corrected chi connectivity index (χ2v) is 6.76. The van der Waals surface area contributed by atoms with E-state index in [4.69, 9.17) is 23.2 Å². The van der Waals surface area contributed by atoms with Crippen LogP contribution in [0.1, 0.15) is 24.5 Å². The topological polar surface area (TPSA) is 49.4 Å². The Morgan fingerprint density at radius 1 is 1.00 bits per heavy atom. The van der Waals surface area contributed by atoms with Crippen LogP contribution in [0.5, 0.6) is 0 Å². The van der Waals surface area contributed by atoms with E-state index in [1.807, 2.05) is 32.0 Å². The number of hydrogen-bond donors (Lipinski definition) is 1. The smallest absolute Gasteiger partial charge is 0.226 e. The number of carbonyl (C=O) groups excluding carboxylic acids is 2. The van der Waals surface area contributed by atoms with Crippen LogP contribution in [0.3, 0.4) is 0 Å². The van der Waals surface area contributed by atoms with Gasteiger partial charge >= 0.3 is 0 Å². The van der Waals surface area contributed by atoms with Gasteiger partial charge in [0.05, 0.1) is 10.0 Å². The monoisotopic (exact) mass is 378 g/mol. The first kappa shape index (κ1) is 19.3. The Morgan fingerprint density at radius 3 is 2.20 bits per heavy atom. The van der Waals surface area contributed by atoms with E-state index in [0.29, 0.717) is 22.3 Å². The van der Waals surface area contributed by atoms with Gasteiger partial charge in [-0.15, -0.1) is 0 Å². The number of benzene rings is 2. The summed E-state index contributed by atoms with van der Waals surface area (Å²) in [6, 6.07) is 10.8. The fourth-order valence-electron chi connectivity index (χ4n) is 2.59. The number of nitrogens with one attached hydrogen (secondary N) is 1. The van der Waals surface area contributed by atoms with Crippen LogP contribution in [0.2, 0.25) is 10.0 Å². The van der Waals surface area contributed by atoms with Gasteiger partial charge in [0.2, 0.25) is 11.8 Å². The molecule has 0 aliphatic heterocycles. The van der Waals surface area contributed by atoms with Gasteiger partial charge in [0.1, 0.15) is 0 Å². The molecule has 0 unspecified atom stereocenters. The van der Waals surface area contributed by atoms with Crippen molar-refractivity contribution in [1.82, 2.24) is 0 Å². The number of nitrogens with zero attached hydrogens (tertiary/aromatic N) is 1. The number of rotatable bonds is 5. The van der Waals surface area contributed by atoms with Crippen LogP contribution in [0, 0.1) is 13.8 Å². The largest absolute Gasteiger partial charge is 0.326 e. The van der Waals surface area contributed by atoms with Crippen LogP contribution in [0.4, 0.5) is 11.4 Å². The quantitative estimate of drug-likeness (QED) is 0.796. The van der Waals surface area contributed by atoms with Gasteiger partial charge in [0.15, 0.2) is 0 Å². The molecule has 25 heavy (non-hydrogen) atoms. The molecule has 4 nitrogen and oxygen atoms in total. The van der Waals surface area contributed by atoms with Gasteiger partial charge in [-0.1, -0.05) is 29.3 Å². The molecule has 132 valence electrons. The molecule has 0 aromatic heterocycles. The number of aryl methyl sites for hydroxylation is 2. The van der Waals surface area contributed by atoms with Crippen molar-refractivity contribution in [1.29, 1.82) is 0 Å². The average Bonchev–Trinajstić information content (AvgIpc) is 2.50. The van der Waals surface area contributed by atoms with E-state index in [1.54, 1.807) is 23.1 Å². The van der Waals surface area contributed by atoms with Gasteiger partial charge in [0, 0.05) is 31.3 Å². The Balaban J connectivity index is 2.04. The fourth-order valence-corrected chi connectivity index (χ4v) is 2.88. The number of amides is 2. The molecule has 0 spiro atoms. The molecule has 1 N–H and O–H groups in total. The van der Waals surface area contributed by atoms with E-state index in [0.717, 1.165) is 16.8 Å². The maximum Gasteiger partial charge on any atom is 0.226 e. The lowest BCUT2D eigenvalue weighted by atomic mass is 10.1. The first-order chi connectivity index (χ1) is 11.8. The van der Waals surface area contributed by atoms with Crippen LogP contribution in [-0.4, -0.2) is 18.4 Å². The fraction of sp³-hybridized carbons (Fsp3) is 0.263. The highest BCUT2D eigenvalue weighted by molar-refractivity contribution is 6.42. The highest BCUT2D eigenvalue weighted by Crippen LogP contribution is 2.25. The molecule has 0 saturated heterocycles. The van der Waals surface area contributed by atoms with Crippen LogP contribution >= 0.6 is 23.2 Å². The molecule has 2 rings (SSSR count). The van der Waals surface area contributed by atoms with Crippen molar-refractivity contribution in [2.45, 2.75) is 27.2 Å². The predicted octanol–water partition coefficient (Wildman–Crippen LogP) is 4.99. The minimum Gasteiger partial charge on any atom is -0.326 e. The van der Waals surface area contributed by atoms with Gasteiger partial charge in [-0.3, -0.25) is 9.59 Å². The summed E-state index contributed by atoms with van der Waals surface area (Å²) in [6.07, 6.45) is 0.173. The summed E-state index contributed by atoms with van der Waals surface area (Å²) >= 11 is 11.8. The Labute approximate surface area is 157 Å². The van der Waals surface area contributed by atoms with E-state index in [2.05, 4.69) is 5.32 Å². The molecular weight excluding hydrogens is 359 g/mol. The maximum atomic E-state index is 12.2. The summed E-state index contributed by atoms with van der Waals surface area (Å²) < 4.78 is 0. The molecule has 0 bridgehead atoms. The molecule has 0 aliphatic rings. The van der Waals surface area contributed by atoms with E-state index < -0.39 is 0 Å². The van der Waals surface area contributed by atoms with Crippen molar-refractivity contribution in [2.75, 3.05) is 16.8 Å². The molecule has 2 aromatic rings. The summed E-state index contributed by atoms with van der Waals surface area (Å²) in [5.74, 6) is -0.304. The van der Waals surface area contributed by atoms with Crippen molar-refractivity contribution in [3.05, 3.63) is 57.6 Å². The van der Waals surface area contributed by atoms with Crippen molar-refractivity contribution < 1.29 is 9.59 Å². The van der Waals surface area contributed by atoms with E-state index in [1.165, 1.54) is 6.92 Å². The minimum atomic E-state index is -0.200. The zero-order valence-corrected chi connectivity index (χ0v) is 15.9. The van der Waals surface area contributed by atoms with Gasteiger partial charge < -0.3 is 10.2 Å². The number of halogens is 2. The molecule has 0 atom stereocenters. The molecule has 0 radical (unpaired) electrons. The summed E-state index contributed by atoms with van der Waals surface area (Å²) in [5, 5.41) is 3.56. The lowest BCUT2D eigenvalue weighted by molar-refractivity contribution is -0.117. The second kappa shape index (κ2) is 8.37. The molecule has 2 amide bonds. The summed E-state index contributed by atoms with van der Waals surface area (Å²) in [5.41, 5.74) is 3.51. The van der Waals surface area contributed by atoms with Crippen LogP contribution in [-0.2, 0) is 9.59 Å². The zero-order valence-electron chi connectivity index (χ0n) is 14.4. The van der Waals surface area contributed by atoms with Gasteiger partial charge in [-0.25, -0.2) is 0 Å². The van der Waals surface area contributed by atoms with Crippen LogP contribution < -0.4 is 10.2 Å². The van der Waals surface area contributed by atoms with Gasteiger partial charge in [-0.2, -0.15) is 0 Å². The molecule has 0 fully saturated rings. The first-order valence-corrected chi connectivity index (χ1v) is 8.63. The SMILES string of the molecule is CC(=O)N(CCC(=O)Nc1ccc(Cl)c(Cl)c1)c1cc(C)cc(C)c1. The number of carbonyl (C=O) groups is 2. The molecule has 6 heteroatoms. The normalized spacial score (nSPS) is 10.4. The third-order valence-corrected chi connectivity index (χ3v) is 4.40. The molecule has 0 saturated carbocycles. The lowest BCUT2D eigenvalue weighted by Gasteiger charge is -2.22. The highest BCUT2D eigenvalue weighted by Gasteiger charge is 2.14. The summed E-state index contributed by atoms with van der Waals surface area (Å²) in [6.45, 7) is 5.75. The molecular formula is C19H20Cl2N2O2. The lowest BCUT2D eigenvalue weighted by Crippen LogP contribution is -2.32. The zero-order chi connectivity index (χ0) is 18.6.